The third kappa shape index (κ3) is 7.20. The Morgan fingerprint density at radius 3 is 2.14 bits per heavy atom. The molecule has 29 heavy (non-hydrogen) atoms. The quantitative estimate of drug-likeness (QED) is 0.645. The second-order valence-corrected chi connectivity index (χ2v) is 10.4. The van der Waals surface area contributed by atoms with E-state index in [0.717, 1.165) is 11.3 Å². The van der Waals surface area contributed by atoms with Crippen molar-refractivity contribution in [2.75, 3.05) is 12.9 Å². The molecule has 6 heteroatoms. The van der Waals surface area contributed by atoms with Gasteiger partial charge in [0.15, 0.2) is 9.84 Å². The fourth-order valence-electron chi connectivity index (χ4n) is 2.87. The average molecular weight is 418 g/mol. The van der Waals surface area contributed by atoms with Gasteiger partial charge in [0.2, 0.25) is 5.91 Å². The summed E-state index contributed by atoms with van der Waals surface area (Å²) in [6.45, 7) is 8.86. The van der Waals surface area contributed by atoms with E-state index in [-0.39, 0.29) is 22.3 Å². The van der Waals surface area contributed by atoms with Crippen LogP contribution in [0, 0.1) is 0 Å². The molecule has 2 rings (SSSR count). The number of nitrogens with one attached hydrogen (secondary N) is 1. The van der Waals surface area contributed by atoms with Gasteiger partial charge in [0.05, 0.1) is 17.5 Å². The highest BCUT2D eigenvalue weighted by atomic mass is 32.2. The summed E-state index contributed by atoms with van der Waals surface area (Å²) in [6.07, 6.45) is 2.16. The molecule has 0 bridgehead atoms. The molecule has 0 aliphatic heterocycles. The lowest BCUT2D eigenvalue weighted by Crippen LogP contribution is -2.26. The minimum absolute atomic E-state index is 0.0589. The topological polar surface area (TPSA) is 72.5 Å². The molecule has 1 amide bonds. The van der Waals surface area contributed by atoms with Gasteiger partial charge in [-0.2, -0.15) is 0 Å². The molecule has 158 valence electrons. The first-order valence-corrected chi connectivity index (χ1v) is 11.7. The molecule has 2 aromatic carbocycles. The average Bonchev–Trinajstić information content (AvgIpc) is 2.64. The van der Waals surface area contributed by atoms with E-state index in [2.05, 4.69) is 38.2 Å². The van der Waals surface area contributed by atoms with Crippen LogP contribution in [0.5, 0.6) is 5.75 Å². The lowest BCUT2D eigenvalue weighted by Gasteiger charge is -2.19. The highest BCUT2D eigenvalue weighted by molar-refractivity contribution is 7.90. The second kappa shape index (κ2) is 9.44. The van der Waals surface area contributed by atoms with E-state index in [1.807, 2.05) is 19.1 Å². The van der Waals surface area contributed by atoms with Crippen LogP contribution in [0.1, 0.15) is 57.7 Å². The van der Waals surface area contributed by atoms with Gasteiger partial charge < -0.3 is 10.1 Å². The lowest BCUT2D eigenvalue weighted by atomic mass is 9.87. The minimum atomic E-state index is -3.22. The van der Waals surface area contributed by atoms with Crippen molar-refractivity contribution >= 4 is 15.7 Å². The zero-order chi connectivity index (χ0) is 21.7. The monoisotopic (exact) mass is 417 g/mol. The first kappa shape index (κ1) is 22.9. The Bertz CT molecular complexity index is 911. The van der Waals surface area contributed by atoms with Crippen molar-refractivity contribution in [3.8, 4) is 5.75 Å². The van der Waals surface area contributed by atoms with Gasteiger partial charge in [0, 0.05) is 12.7 Å². The van der Waals surface area contributed by atoms with E-state index in [0.29, 0.717) is 19.4 Å². The summed E-state index contributed by atoms with van der Waals surface area (Å²) < 4.78 is 28.8. The molecule has 0 saturated heterocycles. The molecule has 0 aromatic heterocycles. The Balaban J connectivity index is 1.75. The van der Waals surface area contributed by atoms with Crippen molar-refractivity contribution in [1.29, 1.82) is 0 Å². The Hall–Kier alpha value is -2.34. The smallest absolute Gasteiger partial charge is 0.220 e. The van der Waals surface area contributed by atoms with E-state index >= 15 is 0 Å². The molecular formula is C23H31NO4S. The molecule has 1 unspecified atom stereocenters. The van der Waals surface area contributed by atoms with Gasteiger partial charge >= 0.3 is 0 Å². The van der Waals surface area contributed by atoms with Crippen LogP contribution in [-0.2, 0) is 20.0 Å². The number of benzene rings is 2. The zero-order valence-corrected chi connectivity index (χ0v) is 18.7. The first-order chi connectivity index (χ1) is 13.5. The molecular weight excluding hydrogens is 386 g/mol. The van der Waals surface area contributed by atoms with Crippen LogP contribution in [0.4, 0.5) is 0 Å². The highest BCUT2D eigenvalue weighted by Crippen LogP contribution is 2.24. The van der Waals surface area contributed by atoms with Gasteiger partial charge in [-0.1, -0.05) is 45.0 Å². The first-order valence-electron chi connectivity index (χ1n) is 9.79. The van der Waals surface area contributed by atoms with E-state index in [9.17, 15) is 13.2 Å². The Labute approximate surface area is 174 Å². The summed E-state index contributed by atoms with van der Waals surface area (Å²) in [4.78, 5) is 12.4. The number of carbonyl (C=O) groups is 1. The van der Waals surface area contributed by atoms with Crippen LogP contribution in [0.25, 0.3) is 0 Å². The predicted octanol–water partition coefficient (Wildman–Crippen LogP) is 4.42. The van der Waals surface area contributed by atoms with Crippen molar-refractivity contribution in [2.24, 2.45) is 0 Å². The van der Waals surface area contributed by atoms with E-state index in [1.54, 1.807) is 24.3 Å². The Morgan fingerprint density at radius 2 is 1.62 bits per heavy atom. The van der Waals surface area contributed by atoms with Crippen LogP contribution in [0.3, 0.4) is 0 Å². The summed E-state index contributed by atoms with van der Waals surface area (Å²) >= 11 is 0. The van der Waals surface area contributed by atoms with Gasteiger partial charge in [0.1, 0.15) is 5.75 Å². The summed E-state index contributed by atoms with van der Waals surface area (Å²) in [5.41, 5.74) is 2.22. The number of hydrogen-bond acceptors (Lipinski definition) is 4. The van der Waals surface area contributed by atoms with E-state index in [1.165, 1.54) is 11.8 Å². The van der Waals surface area contributed by atoms with Crippen LogP contribution in [0.2, 0.25) is 0 Å². The molecule has 0 heterocycles. The van der Waals surface area contributed by atoms with Crippen LogP contribution >= 0.6 is 0 Å². The molecule has 0 fully saturated rings. The molecule has 0 aliphatic carbocycles. The number of sulfone groups is 1. The van der Waals surface area contributed by atoms with Crippen molar-refractivity contribution in [3.05, 3.63) is 59.7 Å². The molecule has 5 nitrogen and oxygen atoms in total. The molecule has 0 aliphatic rings. The fourth-order valence-corrected chi connectivity index (χ4v) is 3.51. The maximum atomic E-state index is 12.2. The third-order valence-electron chi connectivity index (χ3n) is 4.72. The minimum Gasteiger partial charge on any atom is -0.494 e. The van der Waals surface area contributed by atoms with Crippen LogP contribution in [0.15, 0.2) is 53.4 Å². The summed E-state index contributed by atoms with van der Waals surface area (Å²) in [7, 11) is -3.22. The van der Waals surface area contributed by atoms with Crippen molar-refractivity contribution in [3.63, 3.8) is 0 Å². The number of hydrogen-bond donors (Lipinski definition) is 1. The summed E-state index contributed by atoms with van der Waals surface area (Å²) in [5, 5.41) is 2.93. The van der Waals surface area contributed by atoms with Gasteiger partial charge in [-0.3, -0.25) is 4.79 Å². The molecule has 0 spiro atoms. The fraction of sp³-hybridized carbons (Fsp3) is 0.435. The number of carbonyl (C=O) groups excluding carboxylic acids is 1. The van der Waals surface area contributed by atoms with Crippen molar-refractivity contribution in [2.45, 2.75) is 56.9 Å². The Kier molecular flexibility index (Phi) is 7.47. The lowest BCUT2D eigenvalue weighted by molar-refractivity contribution is -0.121. The zero-order valence-electron chi connectivity index (χ0n) is 17.9. The molecule has 2 aromatic rings. The summed E-state index contributed by atoms with van der Waals surface area (Å²) in [6, 6.07) is 14.4. The number of rotatable bonds is 8. The maximum absolute atomic E-state index is 12.2. The second-order valence-electron chi connectivity index (χ2n) is 8.36. The Morgan fingerprint density at radius 1 is 1.03 bits per heavy atom. The molecule has 1 atom stereocenters. The number of ether oxygens (including phenoxy) is 1. The van der Waals surface area contributed by atoms with E-state index in [4.69, 9.17) is 4.74 Å². The standard InChI is InChI=1S/C23H31NO4S/c1-17(18-8-14-21(15-9-18)29(5,26)27)24-22(25)7-6-16-28-20-12-10-19(11-13-20)23(2,3)4/h8-15,17H,6-7,16H2,1-5H3,(H,24,25). The molecule has 1 N–H and O–H groups in total. The molecule has 0 radical (unpaired) electrons. The molecule has 0 saturated carbocycles. The normalized spacial score (nSPS) is 13.0. The van der Waals surface area contributed by atoms with Gasteiger partial charge in [-0.15, -0.1) is 0 Å². The van der Waals surface area contributed by atoms with Crippen molar-refractivity contribution < 1.29 is 17.9 Å². The predicted molar refractivity (Wildman–Crippen MR) is 116 cm³/mol. The van der Waals surface area contributed by atoms with Gasteiger partial charge in [0.25, 0.3) is 0 Å². The maximum Gasteiger partial charge on any atom is 0.220 e. The van der Waals surface area contributed by atoms with Gasteiger partial charge in [-0.05, 0) is 54.2 Å². The summed E-state index contributed by atoms with van der Waals surface area (Å²) in [5.74, 6) is 0.745. The third-order valence-corrected chi connectivity index (χ3v) is 5.85. The van der Waals surface area contributed by atoms with E-state index < -0.39 is 9.84 Å². The van der Waals surface area contributed by atoms with Crippen molar-refractivity contribution in [1.82, 2.24) is 5.32 Å². The van der Waals surface area contributed by atoms with Crippen LogP contribution in [-0.4, -0.2) is 27.2 Å². The van der Waals surface area contributed by atoms with Crippen LogP contribution < -0.4 is 10.1 Å². The number of amides is 1. The van der Waals surface area contributed by atoms with Gasteiger partial charge in [-0.25, -0.2) is 8.42 Å². The SMILES string of the molecule is CC(NC(=O)CCCOc1ccc(C(C)(C)C)cc1)c1ccc(S(C)(=O)=O)cc1. The largest absolute Gasteiger partial charge is 0.494 e. The highest BCUT2D eigenvalue weighted by Gasteiger charge is 2.14.